The Morgan fingerprint density at radius 1 is 1.24 bits per heavy atom. The van der Waals surface area contributed by atoms with Gasteiger partial charge in [-0.3, -0.25) is 4.79 Å². The molecule has 0 spiro atoms. The summed E-state index contributed by atoms with van der Waals surface area (Å²) in [5, 5.41) is 0. The molecule has 0 unspecified atom stereocenters. The summed E-state index contributed by atoms with van der Waals surface area (Å²) in [4.78, 5) is 12.5. The Morgan fingerprint density at radius 2 is 2.00 bits per heavy atom. The van der Waals surface area contributed by atoms with Gasteiger partial charge in [0.1, 0.15) is 17.2 Å². The van der Waals surface area contributed by atoms with Crippen LogP contribution in [0.15, 0.2) is 36.4 Å². The smallest absolute Gasteiger partial charge is 0.195 e. The zero-order valence-corrected chi connectivity index (χ0v) is 11.9. The molecule has 2 N–H and O–H groups in total. The van der Waals surface area contributed by atoms with Gasteiger partial charge < -0.3 is 10.5 Å². The highest BCUT2D eigenvalue weighted by atomic mass is 19.1. The number of nitrogen functional groups attached to an aromatic ring is 1. The number of benzene rings is 2. The van der Waals surface area contributed by atoms with E-state index in [1.54, 1.807) is 12.1 Å². The van der Waals surface area contributed by atoms with Crippen molar-refractivity contribution in [2.75, 3.05) is 5.73 Å². The van der Waals surface area contributed by atoms with E-state index >= 15 is 0 Å². The average Bonchev–Trinajstić information content (AvgIpc) is 2.70. The first-order valence-corrected chi connectivity index (χ1v) is 6.77. The maximum absolute atomic E-state index is 13.1. The number of rotatable bonds is 2. The molecule has 0 radical (unpaired) electrons. The summed E-state index contributed by atoms with van der Waals surface area (Å²) in [6, 6.07) is 9.16. The topological polar surface area (TPSA) is 52.3 Å². The van der Waals surface area contributed by atoms with Crippen molar-refractivity contribution in [1.29, 1.82) is 0 Å². The van der Waals surface area contributed by atoms with Crippen LogP contribution < -0.4 is 10.5 Å². The first kappa shape index (κ1) is 13.6. The number of halogens is 1. The van der Waals surface area contributed by atoms with Gasteiger partial charge in [0, 0.05) is 23.2 Å². The number of carbonyl (C=O) groups excluding carboxylic acids is 1. The van der Waals surface area contributed by atoms with Gasteiger partial charge in [-0.25, -0.2) is 4.39 Å². The summed E-state index contributed by atoms with van der Waals surface area (Å²) in [6.07, 6.45) is 0.752. The van der Waals surface area contributed by atoms with E-state index in [-0.39, 0.29) is 17.1 Å². The minimum atomic E-state index is -0.451. The Labute approximate surface area is 122 Å². The molecule has 3 rings (SSSR count). The molecule has 0 saturated heterocycles. The summed E-state index contributed by atoms with van der Waals surface area (Å²) in [7, 11) is 0. The van der Waals surface area contributed by atoms with Crippen LogP contribution in [0.4, 0.5) is 10.1 Å². The van der Waals surface area contributed by atoms with Crippen LogP contribution >= 0.6 is 0 Å². The largest absolute Gasteiger partial charge is 0.487 e. The Balaban J connectivity index is 1.97. The molecule has 3 nitrogen and oxygen atoms in total. The van der Waals surface area contributed by atoms with E-state index in [0.717, 1.165) is 23.8 Å². The molecule has 21 heavy (non-hydrogen) atoms. The Hall–Kier alpha value is -2.36. The number of ether oxygens (including phenoxy) is 1. The van der Waals surface area contributed by atoms with Crippen LogP contribution in [0, 0.1) is 5.82 Å². The van der Waals surface area contributed by atoms with Crippen LogP contribution in [0.2, 0.25) is 0 Å². The first-order valence-electron chi connectivity index (χ1n) is 6.77. The number of carbonyl (C=O) groups is 1. The minimum absolute atomic E-state index is 0.150. The molecule has 2 aromatic rings. The van der Waals surface area contributed by atoms with Gasteiger partial charge in [0.15, 0.2) is 5.78 Å². The molecule has 0 amide bonds. The maximum atomic E-state index is 13.1. The molecule has 0 aliphatic carbocycles. The molecule has 1 aliphatic heterocycles. The Bertz CT molecular complexity index is 738. The van der Waals surface area contributed by atoms with Crippen molar-refractivity contribution >= 4 is 11.5 Å². The molecule has 0 saturated carbocycles. The molecule has 0 aromatic heterocycles. The molecule has 0 fully saturated rings. The fraction of sp³-hybridized carbons (Fsp3) is 0.235. The van der Waals surface area contributed by atoms with E-state index in [4.69, 9.17) is 10.5 Å². The van der Waals surface area contributed by atoms with Crippen LogP contribution in [0.1, 0.15) is 35.3 Å². The molecule has 4 heteroatoms. The molecular formula is C17H16FNO2. The quantitative estimate of drug-likeness (QED) is 0.680. The van der Waals surface area contributed by atoms with Crippen molar-refractivity contribution in [1.82, 2.24) is 0 Å². The van der Waals surface area contributed by atoms with Gasteiger partial charge in [-0.1, -0.05) is 0 Å². The van der Waals surface area contributed by atoms with Gasteiger partial charge in [0.2, 0.25) is 0 Å². The van der Waals surface area contributed by atoms with Crippen LogP contribution in [-0.2, 0) is 6.42 Å². The van der Waals surface area contributed by atoms with Crippen LogP contribution in [0.25, 0.3) is 0 Å². The third-order valence-electron chi connectivity index (χ3n) is 3.58. The second-order valence-corrected chi connectivity index (χ2v) is 5.92. The lowest BCUT2D eigenvalue weighted by Gasteiger charge is -2.16. The minimum Gasteiger partial charge on any atom is -0.487 e. The predicted molar refractivity (Wildman–Crippen MR) is 79.1 cm³/mol. The number of anilines is 1. The number of fused-ring (bicyclic) bond motifs is 1. The molecular weight excluding hydrogens is 269 g/mol. The highest BCUT2D eigenvalue weighted by Crippen LogP contribution is 2.35. The highest BCUT2D eigenvalue weighted by molar-refractivity contribution is 6.12. The van der Waals surface area contributed by atoms with Crippen LogP contribution in [-0.4, -0.2) is 11.4 Å². The maximum Gasteiger partial charge on any atom is 0.195 e. The monoisotopic (exact) mass is 285 g/mol. The molecule has 1 heterocycles. The first-order chi connectivity index (χ1) is 9.85. The number of nitrogens with two attached hydrogens (primary N) is 1. The van der Waals surface area contributed by atoms with Gasteiger partial charge in [-0.15, -0.1) is 0 Å². The summed E-state index contributed by atoms with van der Waals surface area (Å²) in [5.41, 5.74) is 7.48. The van der Waals surface area contributed by atoms with Gasteiger partial charge in [-0.05, 0) is 55.8 Å². The Morgan fingerprint density at radius 3 is 2.71 bits per heavy atom. The van der Waals surface area contributed by atoms with E-state index in [1.807, 2.05) is 19.9 Å². The van der Waals surface area contributed by atoms with Crippen molar-refractivity contribution in [2.45, 2.75) is 25.9 Å². The molecule has 2 aromatic carbocycles. The molecule has 0 bridgehead atoms. The van der Waals surface area contributed by atoms with Crippen molar-refractivity contribution in [3.8, 4) is 5.75 Å². The second kappa shape index (κ2) is 4.58. The van der Waals surface area contributed by atoms with Crippen molar-refractivity contribution in [3.63, 3.8) is 0 Å². The zero-order valence-electron chi connectivity index (χ0n) is 11.9. The van der Waals surface area contributed by atoms with Gasteiger partial charge in [-0.2, -0.15) is 0 Å². The third-order valence-corrected chi connectivity index (χ3v) is 3.58. The predicted octanol–water partition coefficient (Wildman–Crippen LogP) is 3.35. The summed E-state index contributed by atoms with van der Waals surface area (Å²) >= 11 is 0. The molecule has 0 atom stereocenters. The average molecular weight is 285 g/mol. The summed E-state index contributed by atoms with van der Waals surface area (Å²) in [6.45, 7) is 4.01. The summed E-state index contributed by atoms with van der Waals surface area (Å²) < 4.78 is 18.9. The Kier molecular flexibility index (Phi) is 2.97. The van der Waals surface area contributed by atoms with Crippen molar-refractivity contribution in [2.24, 2.45) is 0 Å². The second-order valence-electron chi connectivity index (χ2n) is 5.92. The number of ketones is 1. The van der Waals surface area contributed by atoms with E-state index in [9.17, 15) is 9.18 Å². The third kappa shape index (κ3) is 2.49. The lowest BCUT2D eigenvalue weighted by molar-refractivity contribution is 0.103. The lowest BCUT2D eigenvalue weighted by Crippen LogP contribution is -2.24. The fourth-order valence-electron chi connectivity index (χ4n) is 2.65. The lowest BCUT2D eigenvalue weighted by atomic mass is 9.96. The van der Waals surface area contributed by atoms with Crippen LogP contribution in [0.3, 0.4) is 0 Å². The van der Waals surface area contributed by atoms with E-state index in [1.165, 1.54) is 12.1 Å². The van der Waals surface area contributed by atoms with Crippen molar-refractivity contribution in [3.05, 3.63) is 58.9 Å². The van der Waals surface area contributed by atoms with Gasteiger partial charge in [0.05, 0.1) is 0 Å². The van der Waals surface area contributed by atoms with E-state index < -0.39 is 5.82 Å². The standard InChI is InChI=1S/C17H16FNO2/c1-17(2)9-11-7-10(3-6-15(11)21-17)16(20)13-5-4-12(18)8-14(13)19/h3-8H,9,19H2,1-2H3. The van der Waals surface area contributed by atoms with Crippen LogP contribution in [0.5, 0.6) is 5.75 Å². The zero-order chi connectivity index (χ0) is 15.2. The van der Waals surface area contributed by atoms with Gasteiger partial charge in [0.25, 0.3) is 0 Å². The number of hydrogen-bond donors (Lipinski definition) is 1. The number of hydrogen-bond acceptors (Lipinski definition) is 3. The summed E-state index contributed by atoms with van der Waals surface area (Å²) in [5.74, 6) is 0.150. The fourth-order valence-corrected chi connectivity index (χ4v) is 2.65. The SMILES string of the molecule is CC1(C)Cc2cc(C(=O)c3ccc(F)cc3N)ccc2O1. The normalized spacial score (nSPS) is 15.4. The van der Waals surface area contributed by atoms with E-state index in [2.05, 4.69) is 0 Å². The molecule has 108 valence electrons. The van der Waals surface area contributed by atoms with Crippen molar-refractivity contribution < 1.29 is 13.9 Å². The molecule has 1 aliphatic rings. The van der Waals surface area contributed by atoms with E-state index in [0.29, 0.717) is 11.1 Å². The van der Waals surface area contributed by atoms with Gasteiger partial charge >= 0.3 is 0 Å². The highest BCUT2D eigenvalue weighted by Gasteiger charge is 2.30.